The molecule has 0 spiro atoms. The fraction of sp³-hybridized carbons (Fsp3) is 0.320. The number of ether oxygens (including phenoxy) is 1. The maximum Gasteiger partial charge on any atom is 0.416 e. The van der Waals surface area contributed by atoms with E-state index in [1.165, 1.54) is 29.2 Å². The van der Waals surface area contributed by atoms with Crippen molar-refractivity contribution in [2.75, 3.05) is 18.5 Å². The normalized spacial score (nSPS) is 15.7. The topological polar surface area (TPSA) is 138 Å². The van der Waals surface area contributed by atoms with Gasteiger partial charge in [0.2, 0.25) is 0 Å². The van der Waals surface area contributed by atoms with E-state index in [2.05, 4.69) is 20.3 Å². The lowest BCUT2D eigenvalue weighted by Gasteiger charge is -2.32. The Bertz CT molecular complexity index is 1340. The van der Waals surface area contributed by atoms with Crippen LogP contribution in [0.2, 0.25) is 0 Å². The van der Waals surface area contributed by atoms with Crippen molar-refractivity contribution in [3.8, 4) is 11.3 Å². The number of esters is 1. The molecule has 1 aromatic carbocycles. The summed E-state index contributed by atoms with van der Waals surface area (Å²) in [5, 5.41) is 11.9. The van der Waals surface area contributed by atoms with E-state index in [-0.39, 0.29) is 29.4 Å². The summed E-state index contributed by atoms with van der Waals surface area (Å²) in [5.41, 5.74) is -0.102. The number of aromatic amines is 1. The number of aromatic nitrogens is 3. The molecular formula is C25H24F3N5O5. The summed E-state index contributed by atoms with van der Waals surface area (Å²) in [5.74, 6) is -1.30. The highest BCUT2D eigenvalue weighted by atomic mass is 19.4. The van der Waals surface area contributed by atoms with Crippen molar-refractivity contribution in [3.63, 3.8) is 0 Å². The van der Waals surface area contributed by atoms with Gasteiger partial charge in [0, 0.05) is 23.9 Å². The van der Waals surface area contributed by atoms with Crippen LogP contribution in [0, 0.1) is 0 Å². The van der Waals surface area contributed by atoms with Crippen molar-refractivity contribution in [1.29, 1.82) is 0 Å². The number of imidazole rings is 1. The summed E-state index contributed by atoms with van der Waals surface area (Å²) in [4.78, 5) is 49.5. The Kier molecular flexibility index (Phi) is 7.65. The number of amides is 2. The summed E-state index contributed by atoms with van der Waals surface area (Å²) in [6, 6.07) is 6.85. The maximum atomic E-state index is 12.9. The third-order valence-electron chi connectivity index (χ3n) is 6.02. The lowest BCUT2D eigenvalue weighted by molar-refractivity contribution is -0.137. The SMILES string of the molecule is CCOC(=O)c1[nH]c(C2CCCCN2C(=O)O)nc1-c1ccc(C(=O)Nc2cc(C(F)(F)F)ccn2)cc1. The fourth-order valence-electron chi connectivity index (χ4n) is 4.20. The monoisotopic (exact) mass is 531 g/mol. The first-order valence-corrected chi connectivity index (χ1v) is 11.8. The summed E-state index contributed by atoms with van der Waals surface area (Å²) in [6.45, 7) is 2.10. The zero-order valence-electron chi connectivity index (χ0n) is 20.2. The molecule has 1 aliphatic rings. The molecule has 3 aromatic rings. The lowest BCUT2D eigenvalue weighted by Crippen LogP contribution is -2.38. The summed E-state index contributed by atoms with van der Waals surface area (Å²) < 4.78 is 44.0. The van der Waals surface area contributed by atoms with Crippen LogP contribution in [-0.4, -0.2) is 56.1 Å². The molecule has 13 heteroatoms. The van der Waals surface area contributed by atoms with E-state index < -0.39 is 35.8 Å². The second-order valence-corrected chi connectivity index (χ2v) is 8.51. The van der Waals surface area contributed by atoms with E-state index in [0.717, 1.165) is 31.2 Å². The van der Waals surface area contributed by atoms with Gasteiger partial charge in [-0.15, -0.1) is 0 Å². The number of benzene rings is 1. The van der Waals surface area contributed by atoms with Crippen molar-refractivity contribution in [2.24, 2.45) is 0 Å². The summed E-state index contributed by atoms with van der Waals surface area (Å²) in [7, 11) is 0. The molecule has 1 atom stereocenters. The highest BCUT2D eigenvalue weighted by Crippen LogP contribution is 2.33. The zero-order chi connectivity index (χ0) is 27.4. The number of hydrogen-bond donors (Lipinski definition) is 3. The summed E-state index contributed by atoms with van der Waals surface area (Å²) in [6.07, 6.45) is -2.67. The summed E-state index contributed by atoms with van der Waals surface area (Å²) >= 11 is 0. The predicted octanol–water partition coefficient (Wildman–Crippen LogP) is 5.12. The zero-order valence-corrected chi connectivity index (χ0v) is 20.2. The number of anilines is 1. The molecule has 0 saturated carbocycles. The van der Waals surface area contributed by atoms with Crippen molar-refractivity contribution in [3.05, 3.63) is 65.2 Å². The molecule has 3 N–H and O–H groups in total. The molecule has 1 aliphatic heterocycles. The molecule has 0 aliphatic carbocycles. The first kappa shape index (κ1) is 26.6. The van der Waals surface area contributed by atoms with Crippen LogP contribution >= 0.6 is 0 Å². The minimum atomic E-state index is -4.58. The van der Waals surface area contributed by atoms with Crippen LogP contribution in [0.3, 0.4) is 0 Å². The Hall–Kier alpha value is -4.42. The number of likely N-dealkylation sites (tertiary alicyclic amines) is 1. The number of nitrogens with one attached hydrogen (secondary N) is 2. The molecule has 0 bridgehead atoms. The largest absolute Gasteiger partial charge is 0.465 e. The molecule has 1 saturated heterocycles. The van der Waals surface area contributed by atoms with E-state index in [0.29, 0.717) is 24.4 Å². The van der Waals surface area contributed by atoms with E-state index in [1.54, 1.807) is 6.92 Å². The second-order valence-electron chi connectivity index (χ2n) is 8.51. The van der Waals surface area contributed by atoms with E-state index in [9.17, 15) is 32.7 Å². The number of rotatable bonds is 6. The Labute approximate surface area is 214 Å². The van der Waals surface area contributed by atoms with E-state index >= 15 is 0 Å². The molecule has 38 heavy (non-hydrogen) atoms. The van der Waals surface area contributed by atoms with Gasteiger partial charge in [0.25, 0.3) is 5.91 Å². The number of carbonyl (C=O) groups is 3. The number of alkyl halides is 3. The molecule has 10 nitrogen and oxygen atoms in total. The van der Waals surface area contributed by atoms with Crippen LogP contribution < -0.4 is 5.32 Å². The van der Waals surface area contributed by atoms with Gasteiger partial charge in [-0.05, 0) is 50.5 Å². The minimum absolute atomic E-state index is 0.0446. The molecule has 0 radical (unpaired) electrons. The van der Waals surface area contributed by atoms with Crippen molar-refractivity contribution < 1.29 is 37.4 Å². The van der Waals surface area contributed by atoms with Gasteiger partial charge in [0.1, 0.15) is 17.3 Å². The molecule has 1 unspecified atom stereocenters. The molecule has 200 valence electrons. The number of hydrogen-bond acceptors (Lipinski definition) is 6. The third-order valence-corrected chi connectivity index (χ3v) is 6.02. The van der Waals surface area contributed by atoms with Gasteiger partial charge in [0.15, 0.2) is 5.69 Å². The van der Waals surface area contributed by atoms with Crippen LogP contribution in [-0.2, 0) is 10.9 Å². The van der Waals surface area contributed by atoms with Crippen molar-refractivity contribution in [1.82, 2.24) is 19.9 Å². The lowest BCUT2D eigenvalue weighted by atomic mass is 10.0. The van der Waals surface area contributed by atoms with E-state index in [4.69, 9.17) is 4.74 Å². The smallest absolute Gasteiger partial charge is 0.416 e. The average molecular weight is 531 g/mol. The number of nitrogens with zero attached hydrogens (tertiary/aromatic N) is 3. The van der Waals surface area contributed by atoms with Crippen LogP contribution in [0.4, 0.5) is 23.8 Å². The minimum Gasteiger partial charge on any atom is -0.465 e. The van der Waals surface area contributed by atoms with Gasteiger partial charge in [-0.2, -0.15) is 13.2 Å². The predicted molar refractivity (Wildman–Crippen MR) is 128 cm³/mol. The highest BCUT2D eigenvalue weighted by Gasteiger charge is 2.33. The fourth-order valence-corrected chi connectivity index (χ4v) is 4.20. The maximum absolute atomic E-state index is 12.9. The average Bonchev–Trinajstić information content (AvgIpc) is 3.34. The quantitative estimate of drug-likeness (QED) is 0.375. The molecular weight excluding hydrogens is 507 g/mol. The number of H-pyrrole nitrogens is 1. The van der Waals surface area contributed by atoms with Crippen LogP contribution in [0.25, 0.3) is 11.3 Å². The Morgan fingerprint density at radius 3 is 2.58 bits per heavy atom. The van der Waals surface area contributed by atoms with Crippen molar-refractivity contribution >= 4 is 23.8 Å². The van der Waals surface area contributed by atoms with Gasteiger partial charge in [0.05, 0.1) is 18.2 Å². The number of carbonyl (C=O) groups excluding carboxylic acids is 2. The number of halogens is 3. The third kappa shape index (κ3) is 5.76. The van der Waals surface area contributed by atoms with Gasteiger partial charge in [-0.25, -0.2) is 19.6 Å². The first-order chi connectivity index (χ1) is 18.1. The number of piperidine rings is 1. The molecule has 2 aromatic heterocycles. The Morgan fingerprint density at radius 2 is 1.92 bits per heavy atom. The Morgan fingerprint density at radius 1 is 1.18 bits per heavy atom. The molecule has 4 rings (SSSR count). The number of pyridine rings is 1. The van der Waals surface area contributed by atoms with Gasteiger partial charge in [-0.1, -0.05) is 12.1 Å². The standard InChI is InChI=1S/C25H24F3N5O5/c1-2-38-23(35)20-19(31-21(32-20)17-5-3-4-12-33(17)24(36)37)14-6-8-15(9-7-14)22(34)30-18-13-16(10-11-29-18)25(26,27)28/h6-11,13,17H,2-5,12H2,1H3,(H,31,32)(H,36,37)(H,29,30,34). The van der Waals surface area contributed by atoms with E-state index in [1.807, 2.05) is 0 Å². The van der Waals surface area contributed by atoms with Crippen LogP contribution in [0.5, 0.6) is 0 Å². The second kappa shape index (κ2) is 10.9. The van der Waals surface area contributed by atoms with Crippen LogP contribution in [0.1, 0.15) is 64.5 Å². The van der Waals surface area contributed by atoms with Crippen molar-refractivity contribution in [2.45, 2.75) is 38.4 Å². The van der Waals surface area contributed by atoms with Gasteiger partial charge in [-0.3, -0.25) is 9.69 Å². The Balaban J connectivity index is 1.60. The molecule has 3 heterocycles. The van der Waals surface area contributed by atoms with Crippen LogP contribution in [0.15, 0.2) is 42.6 Å². The first-order valence-electron chi connectivity index (χ1n) is 11.8. The molecule has 2 amide bonds. The number of carboxylic acid groups (broad SMARTS) is 1. The molecule has 1 fully saturated rings. The van der Waals surface area contributed by atoms with Gasteiger partial charge >= 0.3 is 18.2 Å². The highest BCUT2D eigenvalue weighted by molar-refractivity contribution is 6.04. The van der Waals surface area contributed by atoms with Gasteiger partial charge < -0.3 is 20.1 Å².